The normalized spacial score (nSPS) is 23.9. The summed E-state index contributed by atoms with van der Waals surface area (Å²) < 4.78 is 0. The van der Waals surface area contributed by atoms with Gasteiger partial charge in [0.25, 0.3) is 0 Å². The molecule has 2 aliphatic rings. The predicted molar refractivity (Wildman–Crippen MR) is 90.4 cm³/mol. The number of benzene rings is 1. The molecule has 5 heteroatoms. The lowest BCUT2D eigenvalue weighted by molar-refractivity contribution is -0.134. The second kappa shape index (κ2) is 6.91. The molecule has 0 bridgehead atoms. The van der Waals surface area contributed by atoms with Gasteiger partial charge in [-0.3, -0.25) is 9.59 Å². The van der Waals surface area contributed by atoms with Gasteiger partial charge in [-0.05, 0) is 43.4 Å². The van der Waals surface area contributed by atoms with Crippen molar-refractivity contribution in [3.05, 3.63) is 34.9 Å². The van der Waals surface area contributed by atoms with Gasteiger partial charge in [0, 0.05) is 11.6 Å². The summed E-state index contributed by atoms with van der Waals surface area (Å²) in [6.45, 7) is 0.702. The van der Waals surface area contributed by atoms with Gasteiger partial charge >= 0.3 is 0 Å². The molecule has 2 amide bonds. The fourth-order valence-electron chi connectivity index (χ4n) is 3.78. The molecule has 1 aliphatic carbocycles. The number of nitrogens with one attached hydrogen (secondary N) is 2. The number of hydrogen-bond acceptors (Lipinski definition) is 2. The zero-order valence-corrected chi connectivity index (χ0v) is 14.0. The van der Waals surface area contributed by atoms with Crippen molar-refractivity contribution < 1.29 is 9.59 Å². The fraction of sp³-hybridized carbons (Fsp3) is 0.556. The molecular formula is C18H23ClN2O2. The Labute approximate surface area is 142 Å². The van der Waals surface area contributed by atoms with Gasteiger partial charge in [-0.2, -0.15) is 0 Å². The Morgan fingerprint density at radius 2 is 1.83 bits per heavy atom. The van der Waals surface area contributed by atoms with Crippen LogP contribution in [0, 0.1) is 0 Å². The number of halogens is 1. The van der Waals surface area contributed by atoms with Crippen LogP contribution in [0.15, 0.2) is 24.3 Å². The molecular weight excluding hydrogens is 312 g/mol. The number of rotatable bonds is 3. The molecule has 2 fully saturated rings. The molecule has 1 saturated heterocycles. The van der Waals surface area contributed by atoms with Crippen LogP contribution in [0.2, 0.25) is 5.02 Å². The summed E-state index contributed by atoms with van der Waals surface area (Å²) in [7, 11) is 0. The van der Waals surface area contributed by atoms with E-state index in [1.165, 1.54) is 0 Å². The lowest BCUT2D eigenvalue weighted by Gasteiger charge is -2.38. The second-order valence-corrected chi connectivity index (χ2v) is 7.05. The highest BCUT2D eigenvalue weighted by Crippen LogP contribution is 2.40. The van der Waals surface area contributed by atoms with Gasteiger partial charge < -0.3 is 10.6 Å². The maximum atomic E-state index is 13.1. The van der Waals surface area contributed by atoms with Crippen LogP contribution in [0.1, 0.15) is 50.5 Å². The lowest BCUT2D eigenvalue weighted by atomic mass is 9.68. The van der Waals surface area contributed by atoms with E-state index in [1.54, 1.807) is 0 Å². The van der Waals surface area contributed by atoms with Crippen molar-refractivity contribution in [1.82, 2.24) is 10.6 Å². The first-order chi connectivity index (χ1) is 11.1. The van der Waals surface area contributed by atoms with E-state index in [9.17, 15) is 9.59 Å². The first-order valence-electron chi connectivity index (χ1n) is 8.46. The van der Waals surface area contributed by atoms with E-state index in [2.05, 4.69) is 10.6 Å². The highest BCUT2D eigenvalue weighted by molar-refractivity contribution is 6.30. The Morgan fingerprint density at radius 1 is 1.13 bits per heavy atom. The molecule has 1 heterocycles. The Bertz CT molecular complexity index is 579. The van der Waals surface area contributed by atoms with E-state index in [1.807, 2.05) is 24.3 Å². The summed E-state index contributed by atoms with van der Waals surface area (Å²) in [5.74, 6) is -0.0757. The average Bonchev–Trinajstić information content (AvgIpc) is 2.58. The van der Waals surface area contributed by atoms with Crippen molar-refractivity contribution in [2.45, 2.75) is 56.4 Å². The second-order valence-electron chi connectivity index (χ2n) is 6.61. The van der Waals surface area contributed by atoms with E-state index < -0.39 is 11.5 Å². The molecule has 1 aromatic rings. The maximum Gasteiger partial charge on any atom is 0.242 e. The molecule has 1 aliphatic heterocycles. The summed E-state index contributed by atoms with van der Waals surface area (Å²) in [4.78, 5) is 25.0. The van der Waals surface area contributed by atoms with Crippen molar-refractivity contribution in [3.8, 4) is 0 Å². The molecule has 23 heavy (non-hydrogen) atoms. The monoisotopic (exact) mass is 334 g/mol. The van der Waals surface area contributed by atoms with Crippen LogP contribution in [0.25, 0.3) is 0 Å². The molecule has 4 nitrogen and oxygen atoms in total. The van der Waals surface area contributed by atoms with E-state index in [4.69, 9.17) is 11.6 Å². The summed E-state index contributed by atoms with van der Waals surface area (Å²) in [6.07, 6.45) is 6.51. The van der Waals surface area contributed by atoms with Gasteiger partial charge in [-0.25, -0.2) is 0 Å². The zero-order valence-electron chi connectivity index (χ0n) is 13.2. The molecule has 1 aromatic carbocycles. The van der Waals surface area contributed by atoms with Crippen molar-refractivity contribution >= 4 is 23.4 Å². The number of amides is 2. The molecule has 0 aromatic heterocycles. The Balaban J connectivity index is 1.84. The molecule has 0 spiro atoms. The van der Waals surface area contributed by atoms with Crippen molar-refractivity contribution in [2.24, 2.45) is 0 Å². The van der Waals surface area contributed by atoms with E-state index in [0.717, 1.165) is 44.1 Å². The molecule has 1 unspecified atom stereocenters. The van der Waals surface area contributed by atoms with Gasteiger partial charge in [0.05, 0.1) is 5.41 Å². The Morgan fingerprint density at radius 3 is 2.48 bits per heavy atom. The first-order valence-corrected chi connectivity index (χ1v) is 8.84. The van der Waals surface area contributed by atoms with Gasteiger partial charge in [-0.1, -0.05) is 43.0 Å². The minimum atomic E-state index is -0.527. The summed E-state index contributed by atoms with van der Waals surface area (Å²) in [6, 6.07) is 7.19. The van der Waals surface area contributed by atoms with E-state index in [0.29, 0.717) is 18.0 Å². The van der Waals surface area contributed by atoms with Crippen molar-refractivity contribution in [3.63, 3.8) is 0 Å². The van der Waals surface area contributed by atoms with Gasteiger partial charge in [0.1, 0.15) is 6.04 Å². The van der Waals surface area contributed by atoms with Crippen molar-refractivity contribution in [2.75, 3.05) is 6.54 Å². The van der Waals surface area contributed by atoms with Crippen LogP contribution >= 0.6 is 11.6 Å². The fourth-order valence-corrected chi connectivity index (χ4v) is 3.90. The molecule has 0 radical (unpaired) electrons. The van der Waals surface area contributed by atoms with Gasteiger partial charge in [0.2, 0.25) is 11.8 Å². The van der Waals surface area contributed by atoms with E-state index in [-0.39, 0.29) is 11.8 Å². The number of carbonyl (C=O) groups excluding carboxylic acids is 2. The standard InChI is InChI=1S/C18H23ClN2O2/c19-14-8-6-13(7-9-14)18(10-2-1-3-11-18)17(23)21-15-5-4-12-20-16(15)22/h6-9,15H,1-5,10-12H2,(H,20,22)(H,21,23). The van der Waals surface area contributed by atoms with Gasteiger partial charge in [-0.15, -0.1) is 0 Å². The quantitative estimate of drug-likeness (QED) is 0.893. The number of hydrogen-bond donors (Lipinski definition) is 2. The van der Waals surface area contributed by atoms with Crippen molar-refractivity contribution in [1.29, 1.82) is 0 Å². The minimum absolute atomic E-state index is 0.0124. The maximum absolute atomic E-state index is 13.1. The van der Waals surface area contributed by atoms with E-state index >= 15 is 0 Å². The summed E-state index contributed by atoms with van der Waals surface area (Å²) in [5.41, 5.74) is 0.482. The summed E-state index contributed by atoms with van der Waals surface area (Å²) in [5, 5.41) is 6.51. The third-order valence-electron chi connectivity index (χ3n) is 5.13. The van der Waals surface area contributed by atoms with Crippen LogP contribution in [-0.4, -0.2) is 24.4 Å². The molecule has 3 rings (SSSR count). The van der Waals surface area contributed by atoms with Crippen LogP contribution in [0.4, 0.5) is 0 Å². The summed E-state index contributed by atoms with van der Waals surface area (Å²) >= 11 is 6.00. The third kappa shape index (κ3) is 3.37. The highest BCUT2D eigenvalue weighted by atomic mass is 35.5. The molecule has 1 atom stereocenters. The zero-order chi connectivity index (χ0) is 16.3. The molecule has 1 saturated carbocycles. The Hall–Kier alpha value is -1.55. The topological polar surface area (TPSA) is 58.2 Å². The Kier molecular flexibility index (Phi) is 4.90. The third-order valence-corrected chi connectivity index (χ3v) is 5.38. The van der Waals surface area contributed by atoms with Gasteiger partial charge in [0.15, 0.2) is 0 Å². The van der Waals surface area contributed by atoms with Crippen LogP contribution in [0.5, 0.6) is 0 Å². The average molecular weight is 335 g/mol. The SMILES string of the molecule is O=C1NCCCC1NC(=O)C1(c2ccc(Cl)cc2)CCCCC1. The molecule has 124 valence electrons. The smallest absolute Gasteiger partial charge is 0.242 e. The minimum Gasteiger partial charge on any atom is -0.354 e. The first kappa shape index (κ1) is 16.3. The number of piperidine rings is 1. The lowest BCUT2D eigenvalue weighted by Crippen LogP contribution is -2.55. The number of carbonyl (C=O) groups is 2. The molecule has 2 N–H and O–H groups in total. The van der Waals surface area contributed by atoms with Crippen LogP contribution < -0.4 is 10.6 Å². The predicted octanol–water partition coefficient (Wildman–Crippen LogP) is 2.94. The van der Waals surface area contributed by atoms with Crippen LogP contribution in [-0.2, 0) is 15.0 Å². The van der Waals surface area contributed by atoms with Crippen LogP contribution in [0.3, 0.4) is 0 Å². The largest absolute Gasteiger partial charge is 0.354 e. The highest BCUT2D eigenvalue weighted by Gasteiger charge is 2.42.